The third kappa shape index (κ3) is 4.13. The Balaban J connectivity index is 1.90. The summed E-state index contributed by atoms with van der Waals surface area (Å²) in [6, 6.07) is 14.4. The number of carbonyl (C=O) groups excluding carboxylic acids is 1. The minimum Gasteiger partial charge on any atom is -0.481 e. The van der Waals surface area contributed by atoms with Crippen molar-refractivity contribution in [3.05, 3.63) is 59.0 Å². The molecular weight excluding hydrogens is 334 g/mol. The average Bonchev–Trinajstić information content (AvgIpc) is 2.61. The summed E-state index contributed by atoms with van der Waals surface area (Å²) in [6.45, 7) is 0. The number of aromatic nitrogens is 2. The van der Waals surface area contributed by atoms with E-state index in [0.717, 1.165) is 5.56 Å². The van der Waals surface area contributed by atoms with Gasteiger partial charge in [0.2, 0.25) is 5.91 Å². The van der Waals surface area contributed by atoms with Crippen molar-refractivity contribution in [3.63, 3.8) is 0 Å². The van der Waals surface area contributed by atoms with Gasteiger partial charge in [-0.1, -0.05) is 30.3 Å². The van der Waals surface area contributed by atoms with Gasteiger partial charge >= 0.3 is 11.7 Å². The number of aliphatic carboxylic acids is 1. The molecule has 0 bridgehead atoms. The lowest BCUT2D eigenvalue weighted by Gasteiger charge is -2.09. The maximum Gasteiger partial charge on any atom is 0.345 e. The zero-order chi connectivity index (χ0) is 18.5. The Morgan fingerprint density at radius 1 is 1.08 bits per heavy atom. The molecule has 0 aliphatic rings. The number of aromatic amines is 1. The van der Waals surface area contributed by atoms with Gasteiger partial charge in [-0.2, -0.15) is 4.98 Å². The van der Waals surface area contributed by atoms with Crippen molar-refractivity contribution in [2.24, 2.45) is 0 Å². The van der Waals surface area contributed by atoms with Gasteiger partial charge in [0.05, 0.1) is 11.2 Å². The molecule has 7 heteroatoms. The molecule has 0 atom stereocenters. The fraction of sp³-hybridized carbons (Fsp3) is 0.158. The van der Waals surface area contributed by atoms with Crippen LogP contribution in [0.3, 0.4) is 0 Å². The van der Waals surface area contributed by atoms with Crippen LogP contribution < -0.4 is 11.0 Å². The molecule has 0 radical (unpaired) electrons. The monoisotopic (exact) mass is 351 g/mol. The van der Waals surface area contributed by atoms with Crippen LogP contribution in [-0.2, 0) is 9.59 Å². The van der Waals surface area contributed by atoms with Gasteiger partial charge in [0.25, 0.3) is 0 Å². The second kappa shape index (κ2) is 7.60. The Kier molecular flexibility index (Phi) is 5.07. The highest BCUT2D eigenvalue weighted by atomic mass is 16.4. The Bertz CT molecular complexity index is 1010. The van der Waals surface area contributed by atoms with Crippen molar-refractivity contribution in [2.75, 3.05) is 5.32 Å². The van der Waals surface area contributed by atoms with Gasteiger partial charge in [-0.25, -0.2) is 4.79 Å². The van der Waals surface area contributed by atoms with E-state index in [2.05, 4.69) is 15.3 Å². The van der Waals surface area contributed by atoms with E-state index in [1.54, 1.807) is 18.2 Å². The van der Waals surface area contributed by atoms with Crippen molar-refractivity contribution in [2.45, 2.75) is 19.3 Å². The molecule has 3 N–H and O–H groups in total. The number of rotatable bonds is 6. The SMILES string of the molecule is O=C(O)CCCC(=O)Nc1ccc2[nH]c(=O)nc(-c3ccccc3)c2c1. The van der Waals surface area contributed by atoms with Crippen LogP contribution >= 0.6 is 0 Å². The van der Waals surface area contributed by atoms with Crippen LogP contribution in [0.25, 0.3) is 22.2 Å². The lowest BCUT2D eigenvalue weighted by molar-refractivity contribution is -0.137. The second-order valence-corrected chi connectivity index (χ2v) is 5.81. The first-order valence-electron chi connectivity index (χ1n) is 8.14. The zero-order valence-corrected chi connectivity index (χ0v) is 13.9. The summed E-state index contributed by atoms with van der Waals surface area (Å²) >= 11 is 0. The number of hydrogen-bond acceptors (Lipinski definition) is 4. The number of anilines is 1. The minimum absolute atomic E-state index is 0.0472. The predicted molar refractivity (Wildman–Crippen MR) is 97.9 cm³/mol. The minimum atomic E-state index is -0.925. The van der Waals surface area contributed by atoms with Gasteiger partial charge in [-0.05, 0) is 24.6 Å². The lowest BCUT2D eigenvalue weighted by atomic mass is 10.1. The van der Waals surface area contributed by atoms with Gasteiger partial charge < -0.3 is 15.4 Å². The normalized spacial score (nSPS) is 10.6. The number of H-pyrrole nitrogens is 1. The van der Waals surface area contributed by atoms with Crippen molar-refractivity contribution in [1.29, 1.82) is 0 Å². The van der Waals surface area contributed by atoms with E-state index in [0.29, 0.717) is 22.3 Å². The van der Waals surface area contributed by atoms with Crippen molar-refractivity contribution in [3.8, 4) is 11.3 Å². The summed E-state index contributed by atoms with van der Waals surface area (Å²) in [5, 5.41) is 12.1. The number of amides is 1. The number of fused-ring (bicyclic) bond motifs is 1. The molecular formula is C19H17N3O4. The van der Waals surface area contributed by atoms with Gasteiger partial charge in [0.15, 0.2) is 0 Å². The molecule has 0 unspecified atom stereocenters. The number of nitrogens with zero attached hydrogens (tertiary/aromatic N) is 1. The number of benzene rings is 2. The van der Waals surface area contributed by atoms with E-state index in [1.165, 1.54) is 0 Å². The summed E-state index contributed by atoms with van der Waals surface area (Å²) in [6.07, 6.45) is 0.354. The van der Waals surface area contributed by atoms with Gasteiger partial charge in [-0.15, -0.1) is 0 Å². The molecule has 0 saturated heterocycles. The molecule has 1 aromatic heterocycles. The molecule has 0 aliphatic heterocycles. The Hall–Kier alpha value is -3.48. The Morgan fingerprint density at radius 2 is 1.85 bits per heavy atom. The second-order valence-electron chi connectivity index (χ2n) is 5.81. The highest BCUT2D eigenvalue weighted by Crippen LogP contribution is 2.26. The molecule has 26 heavy (non-hydrogen) atoms. The molecule has 0 saturated carbocycles. The van der Waals surface area contributed by atoms with E-state index in [9.17, 15) is 14.4 Å². The maximum atomic E-state index is 12.0. The molecule has 3 rings (SSSR count). The number of carboxylic acids is 1. The van der Waals surface area contributed by atoms with Crippen LogP contribution in [0.15, 0.2) is 53.3 Å². The number of carboxylic acid groups (broad SMARTS) is 1. The first kappa shape index (κ1) is 17.3. The summed E-state index contributed by atoms with van der Waals surface area (Å²) in [7, 11) is 0. The fourth-order valence-corrected chi connectivity index (χ4v) is 2.67. The van der Waals surface area contributed by atoms with Crippen LogP contribution in [0.4, 0.5) is 5.69 Å². The molecule has 3 aromatic rings. The fourth-order valence-electron chi connectivity index (χ4n) is 2.67. The quantitative estimate of drug-likeness (QED) is 0.632. The summed E-state index contributed by atoms with van der Waals surface area (Å²) in [5.74, 6) is -1.18. The highest BCUT2D eigenvalue weighted by Gasteiger charge is 2.10. The van der Waals surface area contributed by atoms with Crippen molar-refractivity contribution in [1.82, 2.24) is 9.97 Å². The van der Waals surface area contributed by atoms with Gasteiger partial charge in [0, 0.05) is 29.5 Å². The van der Waals surface area contributed by atoms with Crippen LogP contribution in [0.2, 0.25) is 0 Å². The maximum absolute atomic E-state index is 12.0. The number of nitrogens with one attached hydrogen (secondary N) is 2. The largest absolute Gasteiger partial charge is 0.481 e. The van der Waals surface area contributed by atoms with Crippen molar-refractivity contribution < 1.29 is 14.7 Å². The molecule has 0 aliphatic carbocycles. The van der Waals surface area contributed by atoms with Crippen LogP contribution in [0, 0.1) is 0 Å². The Labute approximate surface area is 148 Å². The first-order chi connectivity index (χ1) is 12.5. The predicted octanol–water partition coefficient (Wildman–Crippen LogP) is 2.78. The Morgan fingerprint density at radius 3 is 2.58 bits per heavy atom. The van der Waals surface area contributed by atoms with Gasteiger partial charge in [-0.3, -0.25) is 9.59 Å². The topological polar surface area (TPSA) is 112 Å². The molecule has 0 spiro atoms. The van der Waals surface area contributed by atoms with Gasteiger partial charge in [0.1, 0.15) is 0 Å². The summed E-state index contributed by atoms with van der Waals surface area (Å²) in [4.78, 5) is 41.1. The highest BCUT2D eigenvalue weighted by molar-refractivity contribution is 5.97. The van der Waals surface area contributed by atoms with Crippen LogP contribution in [-0.4, -0.2) is 27.0 Å². The third-order valence-electron chi connectivity index (χ3n) is 3.86. The number of hydrogen-bond donors (Lipinski definition) is 3. The number of carbonyl (C=O) groups is 2. The lowest BCUT2D eigenvalue weighted by Crippen LogP contribution is -2.13. The molecule has 1 heterocycles. The smallest absolute Gasteiger partial charge is 0.345 e. The molecule has 132 valence electrons. The van der Waals surface area contributed by atoms with Crippen LogP contribution in [0.1, 0.15) is 19.3 Å². The first-order valence-corrected chi connectivity index (χ1v) is 8.14. The molecule has 1 amide bonds. The van der Waals surface area contributed by atoms with E-state index in [1.807, 2.05) is 30.3 Å². The van der Waals surface area contributed by atoms with E-state index in [4.69, 9.17) is 5.11 Å². The van der Waals surface area contributed by atoms with E-state index >= 15 is 0 Å². The average molecular weight is 351 g/mol. The van der Waals surface area contributed by atoms with Crippen LogP contribution in [0.5, 0.6) is 0 Å². The summed E-state index contributed by atoms with van der Waals surface area (Å²) < 4.78 is 0. The molecule has 7 nitrogen and oxygen atoms in total. The molecule has 2 aromatic carbocycles. The zero-order valence-electron chi connectivity index (χ0n) is 13.9. The standard InChI is InChI=1S/C19H17N3O4/c23-16(7-4-8-17(24)25)20-13-9-10-15-14(11-13)18(22-19(26)21-15)12-5-2-1-3-6-12/h1-3,5-6,9-11H,4,7-8H2,(H,20,23)(H,24,25)(H,21,22,26). The molecule has 0 fully saturated rings. The third-order valence-corrected chi connectivity index (χ3v) is 3.86. The van der Waals surface area contributed by atoms with Crippen molar-refractivity contribution >= 4 is 28.5 Å². The van der Waals surface area contributed by atoms with E-state index in [-0.39, 0.29) is 25.2 Å². The summed E-state index contributed by atoms with van der Waals surface area (Å²) in [5.41, 5.74) is 2.07. The van der Waals surface area contributed by atoms with E-state index < -0.39 is 11.7 Å².